The zero-order chi connectivity index (χ0) is 33.9. The molecule has 0 radical (unpaired) electrons. The topological polar surface area (TPSA) is 206 Å². The number of hydrogen-bond acceptors (Lipinski definition) is 12. The van der Waals surface area contributed by atoms with Gasteiger partial charge in [-0.25, -0.2) is 10.9 Å². The summed E-state index contributed by atoms with van der Waals surface area (Å²) in [4.78, 5) is 45.2. The van der Waals surface area contributed by atoms with E-state index in [-0.39, 0.29) is 35.7 Å². The number of benzene rings is 4. The molecule has 4 aromatic rings. The van der Waals surface area contributed by atoms with Crippen molar-refractivity contribution in [3.05, 3.63) is 140 Å². The van der Waals surface area contributed by atoms with E-state index >= 15 is 0 Å². The predicted octanol–water partition coefficient (Wildman–Crippen LogP) is 4.19. The summed E-state index contributed by atoms with van der Waals surface area (Å²) in [5, 5.41) is 29.6. The highest BCUT2D eigenvalue weighted by molar-refractivity contribution is 5.96. The fraction of sp³-hybridized carbons (Fsp3) is 0.125. The van der Waals surface area contributed by atoms with Crippen molar-refractivity contribution in [3.8, 4) is 11.5 Å². The SMILES string of the molecule is O=C(N/N=C\c1ccc(O[C@@H]2OCCO[C@H]2Oc2ccc(/C=N\NC(=O)c3cccc([N+](=O)[O-])c3)cc2)cc1)c1cccc([N+](=O)[O-])c1. The van der Waals surface area contributed by atoms with Crippen LogP contribution in [0.1, 0.15) is 31.8 Å². The first-order valence-corrected chi connectivity index (χ1v) is 14.2. The Bertz CT molecular complexity index is 1710. The minimum absolute atomic E-state index is 0.101. The molecule has 0 aromatic heterocycles. The van der Waals surface area contributed by atoms with Crippen LogP contribution in [0.2, 0.25) is 0 Å². The van der Waals surface area contributed by atoms with Crippen LogP contribution >= 0.6 is 0 Å². The molecule has 0 bridgehead atoms. The molecule has 1 aliphatic heterocycles. The molecule has 5 rings (SSSR count). The van der Waals surface area contributed by atoms with Gasteiger partial charge in [0.05, 0.1) is 35.5 Å². The monoisotopic (exact) mass is 654 g/mol. The highest BCUT2D eigenvalue weighted by atomic mass is 16.8. The quantitative estimate of drug-likeness (QED) is 0.127. The Kier molecular flexibility index (Phi) is 10.7. The number of ether oxygens (including phenoxy) is 4. The molecule has 1 fully saturated rings. The summed E-state index contributed by atoms with van der Waals surface area (Å²) in [6.07, 6.45) is 1.03. The van der Waals surface area contributed by atoms with Gasteiger partial charge in [0.15, 0.2) is 0 Å². The number of nitrogens with one attached hydrogen (secondary N) is 2. The molecule has 1 saturated heterocycles. The smallest absolute Gasteiger partial charge is 0.271 e. The number of hydrogen-bond donors (Lipinski definition) is 2. The molecule has 244 valence electrons. The lowest BCUT2D eigenvalue weighted by Gasteiger charge is -2.31. The summed E-state index contributed by atoms with van der Waals surface area (Å²) in [5.41, 5.74) is 5.75. The molecule has 16 heteroatoms. The Morgan fingerprint density at radius 1 is 0.667 bits per heavy atom. The molecule has 16 nitrogen and oxygen atoms in total. The predicted molar refractivity (Wildman–Crippen MR) is 170 cm³/mol. The maximum atomic E-state index is 12.3. The van der Waals surface area contributed by atoms with Gasteiger partial charge in [-0.15, -0.1) is 0 Å². The lowest BCUT2D eigenvalue weighted by Crippen LogP contribution is -2.45. The van der Waals surface area contributed by atoms with Crippen LogP contribution in [-0.4, -0.2) is 59.9 Å². The van der Waals surface area contributed by atoms with Gasteiger partial charge in [-0.05, 0) is 71.8 Å². The summed E-state index contributed by atoms with van der Waals surface area (Å²) in [5.74, 6) is -0.282. The molecular weight excluding hydrogens is 628 g/mol. The van der Waals surface area contributed by atoms with Gasteiger partial charge in [-0.1, -0.05) is 12.1 Å². The van der Waals surface area contributed by atoms with Crippen LogP contribution in [0.4, 0.5) is 11.4 Å². The summed E-state index contributed by atoms with van der Waals surface area (Å²) in [6, 6.07) is 24.1. The van der Waals surface area contributed by atoms with Gasteiger partial charge in [-0.2, -0.15) is 10.2 Å². The Morgan fingerprint density at radius 2 is 1.06 bits per heavy atom. The molecule has 0 saturated carbocycles. The molecule has 0 unspecified atom stereocenters. The van der Waals surface area contributed by atoms with Gasteiger partial charge in [0.2, 0.25) is 0 Å². The number of hydrazone groups is 2. The molecule has 0 spiro atoms. The Labute approximate surface area is 271 Å². The molecule has 1 aliphatic rings. The van der Waals surface area contributed by atoms with E-state index in [4.69, 9.17) is 18.9 Å². The molecule has 0 aliphatic carbocycles. The van der Waals surface area contributed by atoms with Crippen molar-refractivity contribution >= 4 is 35.6 Å². The van der Waals surface area contributed by atoms with E-state index < -0.39 is 34.2 Å². The number of carbonyl (C=O) groups excluding carboxylic acids is 2. The number of nitrogens with zero attached hydrogens (tertiary/aromatic N) is 4. The number of carbonyl (C=O) groups is 2. The van der Waals surface area contributed by atoms with Gasteiger partial charge < -0.3 is 18.9 Å². The maximum absolute atomic E-state index is 12.3. The van der Waals surface area contributed by atoms with E-state index in [1.165, 1.54) is 48.8 Å². The number of nitro benzene ring substituents is 2. The van der Waals surface area contributed by atoms with Crippen LogP contribution in [0.25, 0.3) is 0 Å². The van der Waals surface area contributed by atoms with Gasteiger partial charge in [0.25, 0.3) is 35.8 Å². The third kappa shape index (κ3) is 9.03. The second-order valence-electron chi connectivity index (χ2n) is 9.87. The van der Waals surface area contributed by atoms with Crippen molar-refractivity contribution in [1.82, 2.24) is 10.9 Å². The Balaban J connectivity index is 1.11. The van der Waals surface area contributed by atoms with Crippen molar-refractivity contribution < 1.29 is 38.4 Å². The summed E-state index contributed by atoms with van der Waals surface area (Å²) in [7, 11) is 0. The number of rotatable bonds is 12. The van der Waals surface area contributed by atoms with E-state index in [0.717, 1.165) is 12.1 Å². The van der Waals surface area contributed by atoms with E-state index in [9.17, 15) is 29.8 Å². The summed E-state index contributed by atoms with van der Waals surface area (Å²) in [6.45, 7) is 0.577. The van der Waals surface area contributed by atoms with Crippen molar-refractivity contribution in [1.29, 1.82) is 0 Å². The normalized spacial score (nSPS) is 15.9. The van der Waals surface area contributed by atoms with Crippen LogP contribution in [0, 0.1) is 20.2 Å². The maximum Gasteiger partial charge on any atom is 0.271 e. The summed E-state index contributed by atoms with van der Waals surface area (Å²) < 4.78 is 23.3. The fourth-order valence-electron chi connectivity index (χ4n) is 4.18. The first-order valence-electron chi connectivity index (χ1n) is 14.2. The van der Waals surface area contributed by atoms with Gasteiger partial charge in [0.1, 0.15) is 11.5 Å². The van der Waals surface area contributed by atoms with Crippen molar-refractivity contribution in [3.63, 3.8) is 0 Å². The van der Waals surface area contributed by atoms with Crippen LogP contribution in [0.3, 0.4) is 0 Å². The van der Waals surface area contributed by atoms with Crippen LogP contribution in [-0.2, 0) is 9.47 Å². The Morgan fingerprint density at radius 3 is 1.44 bits per heavy atom. The highest BCUT2D eigenvalue weighted by Gasteiger charge is 2.31. The zero-order valence-electron chi connectivity index (χ0n) is 24.8. The summed E-state index contributed by atoms with van der Waals surface area (Å²) >= 11 is 0. The van der Waals surface area contributed by atoms with E-state index in [1.54, 1.807) is 48.5 Å². The first kappa shape index (κ1) is 32.9. The first-order chi connectivity index (χ1) is 23.2. The standard InChI is InChI=1S/C32H26N6O10/c39-29(23-3-1-5-25(17-23)37(41)42)35-33-19-21-7-11-27(12-8-21)47-31-32(46-16-15-45-31)48-28-13-9-22(10-14-28)20-34-36-30(40)24-4-2-6-26(18-24)38(43)44/h1-14,17-20,31-32H,15-16H2,(H,35,39)(H,36,40)/b33-19-,34-20-/t31-,32-/m0/s1. The third-order valence-electron chi connectivity index (χ3n) is 6.53. The molecule has 1 heterocycles. The fourth-order valence-corrected chi connectivity index (χ4v) is 4.18. The number of non-ortho nitro benzene ring substituents is 2. The molecule has 48 heavy (non-hydrogen) atoms. The molecule has 2 N–H and O–H groups in total. The largest absolute Gasteiger partial charge is 0.458 e. The van der Waals surface area contributed by atoms with E-state index in [1.807, 2.05) is 0 Å². The Hall–Kier alpha value is -6.52. The van der Waals surface area contributed by atoms with Crippen molar-refractivity contribution in [2.24, 2.45) is 10.2 Å². The minimum Gasteiger partial charge on any atom is -0.458 e. The average molecular weight is 655 g/mol. The van der Waals surface area contributed by atoms with Gasteiger partial charge in [-0.3, -0.25) is 29.8 Å². The van der Waals surface area contributed by atoms with Crippen LogP contribution in [0.15, 0.2) is 107 Å². The molecule has 4 aromatic carbocycles. The van der Waals surface area contributed by atoms with Crippen LogP contribution < -0.4 is 20.3 Å². The van der Waals surface area contributed by atoms with Crippen molar-refractivity contribution in [2.45, 2.75) is 12.6 Å². The average Bonchev–Trinajstić information content (AvgIpc) is 3.10. The lowest BCUT2D eigenvalue weighted by molar-refractivity contribution is -0.385. The molecule has 2 amide bonds. The third-order valence-corrected chi connectivity index (χ3v) is 6.53. The molecular formula is C32H26N6O10. The lowest BCUT2D eigenvalue weighted by atomic mass is 10.2. The number of amides is 2. The zero-order valence-corrected chi connectivity index (χ0v) is 24.8. The highest BCUT2D eigenvalue weighted by Crippen LogP contribution is 2.22. The molecule has 2 atom stereocenters. The minimum atomic E-state index is -0.891. The second-order valence-corrected chi connectivity index (χ2v) is 9.87. The van der Waals surface area contributed by atoms with Gasteiger partial charge >= 0.3 is 0 Å². The van der Waals surface area contributed by atoms with E-state index in [0.29, 0.717) is 22.6 Å². The van der Waals surface area contributed by atoms with Gasteiger partial charge in [0, 0.05) is 35.4 Å². The second kappa shape index (κ2) is 15.7. The number of nitro groups is 2. The van der Waals surface area contributed by atoms with Crippen molar-refractivity contribution in [2.75, 3.05) is 13.2 Å². The van der Waals surface area contributed by atoms with Crippen LogP contribution in [0.5, 0.6) is 11.5 Å². The van der Waals surface area contributed by atoms with E-state index in [2.05, 4.69) is 21.1 Å².